The number of carbonyl (C=O) groups excluding carboxylic acids is 2. The van der Waals surface area contributed by atoms with Crippen LogP contribution >= 0.6 is 22.6 Å². The van der Waals surface area contributed by atoms with Crippen molar-refractivity contribution in [1.29, 1.82) is 0 Å². The number of anilines is 2. The first-order valence-corrected chi connectivity index (χ1v) is 7.80. The Labute approximate surface area is 141 Å². The van der Waals surface area contributed by atoms with Gasteiger partial charge in [-0.25, -0.2) is 4.90 Å². The van der Waals surface area contributed by atoms with Gasteiger partial charge in [0.2, 0.25) is 5.91 Å². The molecule has 0 spiro atoms. The Morgan fingerprint density at radius 3 is 2.32 bits per heavy atom. The molecule has 1 fully saturated rings. The Morgan fingerprint density at radius 1 is 1.05 bits per heavy atom. The molecule has 0 aliphatic carbocycles. The number of imide groups is 1. The summed E-state index contributed by atoms with van der Waals surface area (Å²) in [4.78, 5) is 25.7. The van der Waals surface area contributed by atoms with Gasteiger partial charge < -0.3 is 10.4 Å². The Balaban J connectivity index is 1.79. The van der Waals surface area contributed by atoms with Crippen LogP contribution in [0.4, 0.5) is 11.4 Å². The summed E-state index contributed by atoms with van der Waals surface area (Å²) in [6, 6.07) is 13.1. The number of halogens is 1. The van der Waals surface area contributed by atoms with Crippen LogP contribution in [-0.2, 0) is 9.59 Å². The van der Waals surface area contributed by atoms with E-state index in [4.69, 9.17) is 0 Å². The third kappa shape index (κ3) is 2.92. The molecule has 5 nitrogen and oxygen atoms in total. The number of phenolic OH excluding ortho intramolecular Hbond substituents is 1. The monoisotopic (exact) mass is 408 g/mol. The summed E-state index contributed by atoms with van der Waals surface area (Å²) in [6.07, 6.45) is 0.117. The van der Waals surface area contributed by atoms with Crippen LogP contribution in [0.2, 0.25) is 0 Å². The molecule has 1 atom stereocenters. The van der Waals surface area contributed by atoms with Gasteiger partial charge in [-0.3, -0.25) is 9.59 Å². The number of carbonyl (C=O) groups is 2. The molecule has 0 bridgehead atoms. The van der Waals surface area contributed by atoms with E-state index in [1.807, 2.05) is 24.3 Å². The number of phenols is 1. The van der Waals surface area contributed by atoms with E-state index in [9.17, 15) is 14.7 Å². The van der Waals surface area contributed by atoms with Gasteiger partial charge in [0, 0.05) is 9.26 Å². The van der Waals surface area contributed by atoms with Gasteiger partial charge in [0.05, 0.1) is 12.1 Å². The molecule has 2 aromatic rings. The number of aromatic hydroxyl groups is 1. The van der Waals surface area contributed by atoms with Crippen LogP contribution in [0.3, 0.4) is 0 Å². The molecule has 1 heterocycles. The topological polar surface area (TPSA) is 69.6 Å². The van der Waals surface area contributed by atoms with E-state index in [0.29, 0.717) is 5.69 Å². The minimum atomic E-state index is -0.568. The molecule has 2 aromatic carbocycles. The van der Waals surface area contributed by atoms with Crippen molar-refractivity contribution in [3.05, 3.63) is 52.1 Å². The van der Waals surface area contributed by atoms with Crippen molar-refractivity contribution in [2.24, 2.45) is 0 Å². The highest BCUT2D eigenvalue weighted by atomic mass is 127. The lowest BCUT2D eigenvalue weighted by Crippen LogP contribution is -2.34. The standard InChI is InChI=1S/C16H13IN2O3/c17-10-1-3-11(4-2-10)18-14-9-15(21)19(16(14)22)12-5-7-13(20)8-6-12/h1-8,14,18,20H,9H2. The van der Waals surface area contributed by atoms with Crippen molar-refractivity contribution in [3.8, 4) is 5.75 Å². The van der Waals surface area contributed by atoms with Gasteiger partial charge in [-0.15, -0.1) is 0 Å². The van der Waals surface area contributed by atoms with E-state index in [0.717, 1.165) is 14.2 Å². The molecule has 0 aromatic heterocycles. The van der Waals surface area contributed by atoms with Gasteiger partial charge in [0.1, 0.15) is 11.8 Å². The van der Waals surface area contributed by atoms with E-state index >= 15 is 0 Å². The number of hydrogen-bond donors (Lipinski definition) is 2. The number of nitrogens with zero attached hydrogens (tertiary/aromatic N) is 1. The van der Waals surface area contributed by atoms with Crippen LogP contribution in [0.25, 0.3) is 0 Å². The fraction of sp³-hybridized carbons (Fsp3) is 0.125. The van der Waals surface area contributed by atoms with Gasteiger partial charge in [0.15, 0.2) is 0 Å². The van der Waals surface area contributed by atoms with Gasteiger partial charge in [-0.2, -0.15) is 0 Å². The SMILES string of the molecule is O=C1CC(Nc2ccc(I)cc2)C(=O)N1c1ccc(O)cc1. The molecule has 1 aliphatic heterocycles. The lowest BCUT2D eigenvalue weighted by molar-refractivity contribution is -0.121. The first kappa shape index (κ1) is 14.8. The molecular formula is C16H13IN2O3. The zero-order valence-corrected chi connectivity index (χ0v) is 13.6. The second-order valence-electron chi connectivity index (χ2n) is 4.99. The van der Waals surface area contributed by atoms with E-state index in [1.54, 1.807) is 12.1 Å². The number of benzene rings is 2. The molecule has 1 unspecified atom stereocenters. The second-order valence-corrected chi connectivity index (χ2v) is 6.24. The highest BCUT2D eigenvalue weighted by molar-refractivity contribution is 14.1. The number of nitrogens with one attached hydrogen (secondary N) is 1. The third-order valence-electron chi connectivity index (χ3n) is 3.44. The van der Waals surface area contributed by atoms with Gasteiger partial charge in [-0.1, -0.05) is 0 Å². The number of amides is 2. The van der Waals surface area contributed by atoms with Crippen molar-refractivity contribution in [3.63, 3.8) is 0 Å². The Hall–Kier alpha value is -2.09. The zero-order valence-electron chi connectivity index (χ0n) is 11.5. The van der Waals surface area contributed by atoms with Crippen LogP contribution in [0.1, 0.15) is 6.42 Å². The summed E-state index contributed by atoms with van der Waals surface area (Å²) >= 11 is 2.20. The van der Waals surface area contributed by atoms with Crippen LogP contribution in [0.5, 0.6) is 5.75 Å². The minimum Gasteiger partial charge on any atom is -0.508 e. The summed E-state index contributed by atoms with van der Waals surface area (Å²) in [5.41, 5.74) is 1.28. The molecule has 0 saturated carbocycles. The summed E-state index contributed by atoms with van der Waals surface area (Å²) in [7, 11) is 0. The number of hydrogen-bond acceptors (Lipinski definition) is 4. The maximum atomic E-state index is 12.5. The predicted octanol–water partition coefficient (Wildman–Crippen LogP) is 2.74. The maximum absolute atomic E-state index is 12.5. The van der Waals surface area contributed by atoms with E-state index in [-0.39, 0.29) is 24.0 Å². The van der Waals surface area contributed by atoms with Crippen molar-refractivity contribution >= 4 is 45.8 Å². The molecule has 6 heteroatoms. The smallest absolute Gasteiger partial charge is 0.256 e. The van der Waals surface area contributed by atoms with Gasteiger partial charge in [-0.05, 0) is 71.1 Å². The highest BCUT2D eigenvalue weighted by Gasteiger charge is 2.39. The molecule has 112 valence electrons. The van der Waals surface area contributed by atoms with Crippen molar-refractivity contribution < 1.29 is 14.7 Å². The summed E-state index contributed by atoms with van der Waals surface area (Å²) < 4.78 is 1.10. The van der Waals surface area contributed by atoms with Gasteiger partial charge >= 0.3 is 0 Å². The zero-order chi connectivity index (χ0) is 15.7. The first-order chi connectivity index (χ1) is 10.5. The molecule has 2 N–H and O–H groups in total. The highest BCUT2D eigenvalue weighted by Crippen LogP contribution is 2.26. The first-order valence-electron chi connectivity index (χ1n) is 6.72. The minimum absolute atomic E-state index is 0.0939. The third-order valence-corrected chi connectivity index (χ3v) is 4.16. The Morgan fingerprint density at radius 2 is 1.68 bits per heavy atom. The fourth-order valence-corrected chi connectivity index (χ4v) is 2.72. The lowest BCUT2D eigenvalue weighted by Gasteiger charge is -2.16. The molecule has 1 saturated heterocycles. The largest absolute Gasteiger partial charge is 0.508 e. The van der Waals surface area contributed by atoms with Crippen molar-refractivity contribution in [2.45, 2.75) is 12.5 Å². The quantitative estimate of drug-likeness (QED) is 0.606. The van der Waals surface area contributed by atoms with E-state index < -0.39 is 6.04 Å². The van der Waals surface area contributed by atoms with Crippen molar-refractivity contribution in [2.75, 3.05) is 10.2 Å². The fourth-order valence-electron chi connectivity index (χ4n) is 2.36. The van der Waals surface area contributed by atoms with E-state index in [2.05, 4.69) is 27.9 Å². The molecule has 22 heavy (non-hydrogen) atoms. The molecule has 0 radical (unpaired) electrons. The summed E-state index contributed by atoms with van der Waals surface area (Å²) in [5.74, 6) is -0.440. The molecular weight excluding hydrogens is 395 g/mol. The maximum Gasteiger partial charge on any atom is 0.256 e. The van der Waals surface area contributed by atoms with Crippen LogP contribution in [0.15, 0.2) is 48.5 Å². The average Bonchev–Trinajstić information content (AvgIpc) is 2.77. The molecule has 1 aliphatic rings. The van der Waals surface area contributed by atoms with Crippen LogP contribution < -0.4 is 10.2 Å². The summed E-state index contributed by atoms with van der Waals surface area (Å²) in [5, 5.41) is 12.4. The normalized spacial score (nSPS) is 17.9. The molecule has 2 amide bonds. The molecule has 3 rings (SSSR count). The van der Waals surface area contributed by atoms with Gasteiger partial charge in [0.25, 0.3) is 5.91 Å². The van der Waals surface area contributed by atoms with Crippen molar-refractivity contribution in [1.82, 2.24) is 0 Å². The lowest BCUT2D eigenvalue weighted by atomic mass is 10.2. The van der Waals surface area contributed by atoms with E-state index in [1.165, 1.54) is 12.1 Å². The summed E-state index contributed by atoms with van der Waals surface area (Å²) in [6.45, 7) is 0. The predicted molar refractivity (Wildman–Crippen MR) is 91.8 cm³/mol. The Bertz CT molecular complexity index is 713. The Kier molecular flexibility index (Phi) is 4.02. The second kappa shape index (κ2) is 5.96. The number of rotatable bonds is 3. The van der Waals surface area contributed by atoms with Crippen LogP contribution in [-0.4, -0.2) is 23.0 Å². The average molecular weight is 408 g/mol. The van der Waals surface area contributed by atoms with Crippen LogP contribution in [0, 0.1) is 3.57 Å².